The van der Waals surface area contributed by atoms with E-state index in [2.05, 4.69) is 15.0 Å². The van der Waals surface area contributed by atoms with Crippen molar-refractivity contribution in [2.45, 2.75) is 35.8 Å². The van der Waals surface area contributed by atoms with Crippen LogP contribution in [-0.2, 0) is 4.74 Å². The molecule has 0 amide bonds. The highest BCUT2D eigenvalue weighted by Gasteiger charge is 2.51. The molecule has 0 spiro atoms. The number of fused-ring (bicyclic) bond motifs is 5. The first kappa shape index (κ1) is 12.3. The fourth-order valence-electron chi connectivity index (χ4n) is 2.71. The van der Waals surface area contributed by atoms with Crippen molar-refractivity contribution in [3.8, 4) is 0 Å². The lowest BCUT2D eigenvalue weighted by atomic mass is 10.2. The van der Waals surface area contributed by atoms with Gasteiger partial charge in [-0.15, -0.1) is 0 Å². The summed E-state index contributed by atoms with van der Waals surface area (Å²) >= 11 is 1.35. The second-order valence-electron chi connectivity index (χ2n) is 4.91. The van der Waals surface area contributed by atoms with Gasteiger partial charge >= 0.3 is 0 Å². The van der Waals surface area contributed by atoms with Crippen molar-refractivity contribution in [2.24, 2.45) is 0 Å². The Balaban J connectivity index is 1.90. The second-order valence-corrected chi connectivity index (χ2v) is 6.05. The molecule has 3 N–H and O–H groups in total. The quantitative estimate of drug-likeness (QED) is 0.628. The van der Waals surface area contributed by atoms with E-state index in [9.17, 15) is 15.0 Å². The number of hydrogen-bond acceptors (Lipinski definition) is 7. The van der Waals surface area contributed by atoms with E-state index in [-0.39, 0.29) is 22.9 Å². The molecule has 106 valence electrons. The second kappa shape index (κ2) is 4.04. The summed E-state index contributed by atoms with van der Waals surface area (Å²) in [5.74, 6) is 0.496. The van der Waals surface area contributed by atoms with Gasteiger partial charge in [-0.05, 0) is 6.92 Å². The SMILES string of the molecule is Cc1nc2c(nc3n2[C@H]2O[C@H](CO)[C@H](O)C2S3)c(=O)[nH]1. The Morgan fingerprint density at radius 2 is 2.30 bits per heavy atom. The number of hydrogen-bond donors (Lipinski definition) is 3. The highest BCUT2D eigenvalue weighted by Crippen LogP contribution is 2.48. The van der Waals surface area contributed by atoms with Gasteiger partial charge < -0.3 is 19.9 Å². The van der Waals surface area contributed by atoms with Gasteiger partial charge in [-0.3, -0.25) is 9.36 Å². The lowest BCUT2D eigenvalue weighted by Gasteiger charge is -2.12. The van der Waals surface area contributed by atoms with Crippen LogP contribution in [0.25, 0.3) is 11.2 Å². The smallest absolute Gasteiger partial charge is 0.279 e. The van der Waals surface area contributed by atoms with Crippen LogP contribution >= 0.6 is 11.8 Å². The normalized spacial score (nSPS) is 31.8. The van der Waals surface area contributed by atoms with E-state index in [4.69, 9.17) is 4.74 Å². The maximum atomic E-state index is 11.9. The number of aliphatic hydroxyl groups excluding tert-OH is 2. The van der Waals surface area contributed by atoms with Gasteiger partial charge in [0.2, 0.25) is 0 Å². The van der Waals surface area contributed by atoms with Gasteiger partial charge in [-0.2, -0.15) is 0 Å². The highest BCUT2D eigenvalue weighted by atomic mass is 32.2. The zero-order valence-electron chi connectivity index (χ0n) is 10.5. The van der Waals surface area contributed by atoms with Gasteiger partial charge in [0.1, 0.15) is 11.9 Å². The van der Waals surface area contributed by atoms with E-state index in [0.717, 1.165) is 0 Å². The number of aryl methyl sites for hydroxylation is 1. The Morgan fingerprint density at radius 3 is 3.05 bits per heavy atom. The lowest BCUT2D eigenvalue weighted by molar-refractivity contribution is -0.0448. The third-order valence-electron chi connectivity index (χ3n) is 3.63. The number of H-pyrrole nitrogens is 1. The minimum absolute atomic E-state index is 0.236. The van der Waals surface area contributed by atoms with Crippen LogP contribution < -0.4 is 5.56 Å². The molecular formula is C11H12N4O4S. The topological polar surface area (TPSA) is 113 Å². The number of rotatable bonds is 1. The van der Waals surface area contributed by atoms with Crippen LogP contribution in [0.4, 0.5) is 0 Å². The van der Waals surface area contributed by atoms with Crippen LogP contribution in [0.5, 0.6) is 0 Å². The van der Waals surface area contributed by atoms with E-state index < -0.39 is 18.4 Å². The maximum absolute atomic E-state index is 11.9. The van der Waals surface area contributed by atoms with Crippen molar-refractivity contribution >= 4 is 22.9 Å². The van der Waals surface area contributed by atoms with Crippen molar-refractivity contribution < 1.29 is 14.9 Å². The van der Waals surface area contributed by atoms with Gasteiger partial charge in [0.25, 0.3) is 5.56 Å². The molecule has 0 aromatic carbocycles. The fraction of sp³-hybridized carbons (Fsp3) is 0.545. The van der Waals surface area contributed by atoms with Crippen molar-refractivity contribution in [1.82, 2.24) is 19.5 Å². The number of imidazole rings is 1. The molecule has 0 radical (unpaired) electrons. The predicted octanol–water partition coefficient (Wildman–Crippen LogP) is -0.847. The Hall–Kier alpha value is -1.42. The van der Waals surface area contributed by atoms with Crippen molar-refractivity contribution in [2.75, 3.05) is 6.61 Å². The number of nitrogens with one attached hydrogen (secondary N) is 1. The van der Waals surface area contributed by atoms with Crippen LogP contribution in [0.2, 0.25) is 0 Å². The van der Waals surface area contributed by atoms with E-state index in [1.807, 2.05) is 0 Å². The minimum atomic E-state index is -0.769. The summed E-state index contributed by atoms with van der Waals surface area (Å²) < 4.78 is 7.40. The van der Waals surface area contributed by atoms with Crippen LogP contribution in [0.3, 0.4) is 0 Å². The Labute approximate surface area is 116 Å². The molecule has 9 heteroatoms. The summed E-state index contributed by atoms with van der Waals surface area (Å²) in [6.45, 7) is 1.45. The Bertz CT molecular complexity index is 757. The van der Waals surface area contributed by atoms with Gasteiger partial charge in [0.15, 0.2) is 22.5 Å². The van der Waals surface area contributed by atoms with Gasteiger partial charge in [0.05, 0.1) is 18.0 Å². The largest absolute Gasteiger partial charge is 0.394 e. The predicted molar refractivity (Wildman–Crippen MR) is 69.5 cm³/mol. The number of nitrogens with zero attached hydrogens (tertiary/aromatic N) is 3. The molecule has 1 saturated heterocycles. The van der Waals surface area contributed by atoms with Crippen LogP contribution in [0.15, 0.2) is 9.95 Å². The molecule has 20 heavy (non-hydrogen) atoms. The fourth-order valence-corrected chi connectivity index (χ4v) is 4.02. The molecule has 4 heterocycles. The Kier molecular flexibility index (Phi) is 2.49. The van der Waals surface area contributed by atoms with E-state index in [0.29, 0.717) is 16.6 Å². The highest BCUT2D eigenvalue weighted by molar-refractivity contribution is 8.00. The van der Waals surface area contributed by atoms with E-state index in [1.54, 1.807) is 11.5 Å². The van der Waals surface area contributed by atoms with Crippen molar-refractivity contribution in [1.29, 1.82) is 0 Å². The number of aliphatic hydroxyl groups is 2. The van der Waals surface area contributed by atoms with Gasteiger partial charge in [0, 0.05) is 0 Å². The van der Waals surface area contributed by atoms with Crippen LogP contribution in [0.1, 0.15) is 12.1 Å². The summed E-state index contributed by atoms with van der Waals surface area (Å²) in [4.78, 5) is 23.1. The molecule has 0 saturated carbocycles. The van der Waals surface area contributed by atoms with E-state index in [1.165, 1.54) is 11.8 Å². The molecule has 2 aromatic heterocycles. The molecule has 2 aliphatic heterocycles. The maximum Gasteiger partial charge on any atom is 0.279 e. The average Bonchev–Trinajstić information content (AvgIpc) is 3.00. The summed E-state index contributed by atoms with van der Waals surface area (Å²) in [7, 11) is 0. The summed E-state index contributed by atoms with van der Waals surface area (Å²) in [6.07, 6.45) is -1.85. The molecular weight excluding hydrogens is 284 g/mol. The summed E-state index contributed by atoms with van der Waals surface area (Å²) in [5.41, 5.74) is 0.429. The number of thioether (sulfide) groups is 1. The summed E-state index contributed by atoms with van der Waals surface area (Å²) in [6, 6.07) is 0. The molecule has 4 atom stereocenters. The van der Waals surface area contributed by atoms with Gasteiger partial charge in [-0.25, -0.2) is 9.97 Å². The average molecular weight is 296 g/mol. The first-order valence-corrected chi connectivity index (χ1v) is 7.08. The zero-order valence-corrected chi connectivity index (χ0v) is 11.3. The minimum Gasteiger partial charge on any atom is -0.394 e. The first-order chi connectivity index (χ1) is 9.60. The molecule has 1 fully saturated rings. The molecule has 0 aliphatic carbocycles. The molecule has 1 unspecified atom stereocenters. The lowest BCUT2D eigenvalue weighted by Crippen LogP contribution is -2.30. The molecule has 8 nitrogen and oxygen atoms in total. The van der Waals surface area contributed by atoms with Crippen LogP contribution in [0, 0.1) is 6.92 Å². The molecule has 4 rings (SSSR count). The van der Waals surface area contributed by atoms with Crippen molar-refractivity contribution in [3.63, 3.8) is 0 Å². The standard InChI is InChI=1S/C11H12N4O4S/c1-3-12-8-5(9(18)13-3)14-11-15(8)10-7(20-11)6(17)4(2-16)19-10/h4,6-7,10,16-17H,2H2,1H3,(H,12,13,18)/t4-,6+,7?,10+/m1/s1. The zero-order chi connectivity index (χ0) is 14.0. The number of aromatic amines is 1. The van der Waals surface area contributed by atoms with Gasteiger partial charge in [-0.1, -0.05) is 11.8 Å². The summed E-state index contributed by atoms with van der Waals surface area (Å²) in [5, 5.41) is 19.7. The van der Waals surface area contributed by atoms with E-state index >= 15 is 0 Å². The number of aromatic nitrogens is 4. The molecule has 2 aliphatic rings. The number of ether oxygens (including phenoxy) is 1. The third-order valence-corrected chi connectivity index (χ3v) is 4.91. The Morgan fingerprint density at radius 1 is 1.50 bits per heavy atom. The monoisotopic (exact) mass is 296 g/mol. The van der Waals surface area contributed by atoms with Crippen LogP contribution in [-0.4, -0.2) is 53.8 Å². The first-order valence-electron chi connectivity index (χ1n) is 6.20. The molecule has 0 bridgehead atoms. The third kappa shape index (κ3) is 1.46. The molecule has 2 aromatic rings. The van der Waals surface area contributed by atoms with Crippen molar-refractivity contribution in [3.05, 3.63) is 16.2 Å².